The van der Waals surface area contributed by atoms with Crippen LogP contribution >= 0.6 is 0 Å². The summed E-state index contributed by atoms with van der Waals surface area (Å²) in [6.45, 7) is 0. The number of anilines is 1. The van der Waals surface area contributed by atoms with Crippen molar-refractivity contribution in [2.75, 3.05) is 5.32 Å². The molecule has 0 radical (unpaired) electrons. The topological polar surface area (TPSA) is 62.0 Å². The van der Waals surface area contributed by atoms with Gasteiger partial charge in [-0.25, -0.2) is 0 Å². The molecule has 1 saturated carbocycles. The third kappa shape index (κ3) is 1.69. The number of aromatic amines is 1. The van der Waals surface area contributed by atoms with Crippen molar-refractivity contribution < 1.29 is 4.79 Å². The summed E-state index contributed by atoms with van der Waals surface area (Å²) in [7, 11) is 0. The molecular weight excluding hydrogens is 180 g/mol. The predicted molar refractivity (Wildman–Crippen MR) is 53.0 cm³/mol. The second-order valence-corrected chi connectivity index (χ2v) is 3.53. The quantitative estimate of drug-likeness (QED) is 0.737. The molecule has 2 N–H and O–H groups in total. The van der Waals surface area contributed by atoms with E-state index in [4.69, 9.17) is 0 Å². The molecule has 14 heavy (non-hydrogen) atoms. The van der Waals surface area contributed by atoms with E-state index in [2.05, 4.69) is 10.3 Å². The van der Waals surface area contributed by atoms with Crippen molar-refractivity contribution >= 4 is 11.6 Å². The Morgan fingerprint density at radius 3 is 2.86 bits per heavy atom. The second kappa shape index (κ2) is 3.65. The minimum atomic E-state index is -0.250. The number of nitrogens with one attached hydrogen (secondary N) is 2. The zero-order valence-corrected chi connectivity index (χ0v) is 7.75. The summed E-state index contributed by atoms with van der Waals surface area (Å²) in [5.41, 5.74) is 0.0876. The molecule has 74 valence electrons. The van der Waals surface area contributed by atoms with Gasteiger partial charge in [0.25, 0.3) is 5.56 Å². The maximum Gasteiger partial charge on any atom is 0.271 e. The van der Waals surface area contributed by atoms with E-state index in [1.807, 2.05) is 0 Å². The van der Waals surface area contributed by atoms with Gasteiger partial charge in [0, 0.05) is 12.1 Å². The van der Waals surface area contributed by atoms with Gasteiger partial charge in [0.05, 0.1) is 0 Å². The van der Waals surface area contributed by atoms with Crippen LogP contribution in [-0.2, 0) is 4.79 Å². The van der Waals surface area contributed by atoms with E-state index in [0.29, 0.717) is 5.69 Å². The van der Waals surface area contributed by atoms with Crippen LogP contribution in [0.5, 0.6) is 0 Å². The van der Waals surface area contributed by atoms with Gasteiger partial charge >= 0.3 is 0 Å². The lowest BCUT2D eigenvalue weighted by atomic mass is 9.85. The molecule has 1 aromatic heterocycles. The van der Waals surface area contributed by atoms with Crippen LogP contribution in [0.4, 0.5) is 5.69 Å². The Morgan fingerprint density at radius 1 is 1.50 bits per heavy atom. The highest BCUT2D eigenvalue weighted by atomic mass is 16.2. The van der Waals surface area contributed by atoms with Gasteiger partial charge in [-0.2, -0.15) is 0 Å². The highest BCUT2D eigenvalue weighted by Crippen LogP contribution is 2.27. The van der Waals surface area contributed by atoms with Gasteiger partial charge in [0.1, 0.15) is 5.69 Å². The van der Waals surface area contributed by atoms with Crippen molar-refractivity contribution in [2.45, 2.75) is 19.3 Å². The van der Waals surface area contributed by atoms with Crippen LogP contribution in [0.2, 0.25) is 0 Å². The minimum Gasteiger partial charge on any atom is -0.327 e. The molecule has 0 unspecified atom stereocenters. The summed E-state index contributed by atoms with van der Waals surface area (Å²) in [5, 5.41) is 2.63. The van der Waals surface area contributed by atoms with Gasteiger partial charge in [0.15, 0.2) is 0 Å². The first-order chi connectivity index (χ1) is 6.77. The molecule has 0 aromatic carbocycles. The summed E-state index contributed by atoms with van der Waals surface area (Å²) in [5.74, 6) is 0.0718. The fraction of sp³-hybridized carbons (Fsp3) is 0.400. The highest BCUT2D eigenvalue weighted by molar-refractivity contribution is 5.92. The summed E-state index contributed by atoms with van der Waals surface area (Å²) < 4.78 is 0. The molecule has 1 aliphatic rings. The molecule has 0 atom stereocenters. The zero-order valence-electron chi connectivity index (χ0n) is 7.75. The molecule has 1 heterocycles. The van der Waals surface area contributed by atoms with Crippen LogP contribution in [0.15, 0.2) is 23.1 Å². The zero-order chi connectivity index (χ0) is 9.97. The van der Waals surface area contributed by atoms with Crippen molar-refractivity contribution in [1.82, 2.24) is 4.98 Å². The Morgan fingerprint density at radius 2 is 2.29 bits per heavy atom. The standard InChI is InChI=1S/C10H12N2O2/c13-9(7-3-1-4-7)12-8-5-2-6-11-10(8)14/h2,5-7H,1,3-4H2,(H,11,14)(H,12,13). The molecule has 2 rings (SSSR count). The summed E-state index contributed by atoms with van der Waals surface area (Å²) in [6, 6.07) is 3.30. The third-order valence-corrected chi connectivity index (χ3v) is 2.55. The van der Waals surface area contributed by atoms with Crippen molar-refractivity contribution in [3.63, 3.8) is 0 Å². The van der Waals surface area contributed by atoms with E-state index in [1.165, 1.54) is 0 Å². The van der Waals surface area contributed by atoms with Crippen molar-refractivity contribution in [3.8, 4) is 0 Å². The molecular formula is C10H12N2O2. The Bertz CT molecular complexity index is 393. The number of carbonyl (C=O) groups excluding carboxylic acids is 1. The maximum atomic E-state index is 11.5. The lowest BCUT2D eigenvalue weighted by Crippen LogP contribution is -2.30. The molecule has 0 spiro atoms. The van der Waals surface area contributed by atoms with E-state index in [1.54, 1.807) is 18.3 Å². The molecule has 1 amide bonds. The molecule has 4 nitrogen and oxygen atoms in total. The van der Waals surface area contributed by atoms with E-state index >= 15 is 0 Å². The largest absolute Gasteiger partial charge is 0.327 e. The summed E-state index contributed by atoms with van der Waals surface area (Å²) in [4.78, 5) is 25.2. The molecule has 0 aliphatic heterocycles. The average Bonchev–Trinajstić information content (AvgIpc) is 2.05. The lowest BCUT2D eigenvalue weighted by molar-refractivity contribution is -0.122. The Hall–Kier alpha value is -1.58. The Kier molecular flexibility index (Phi) is 2.35. The van der Waals surface area contributed by atoms with Gasteiger partial charge in [-0.05, 0) is 25.0 Å². The van der Waals surface area contributed by atoms with E-state index in [-0.39, 0.29) is 17.4 Å². The molecule has 4 heteroatoms. The second-order valence-electron chi connectivity index (χ2n) is 3.53. The van der Waals surface area contributed by atoms with E-state index in [9.17, 15) is 9.59 Å². The fourth-order valence-corrected chi connectivity index (χ4v) is 1.43. The summed E-state index contributed by atoms with van der Waals surface area (Å²) in [6.07, 6.45) is 4.54. The molecule has 1 aliphatic carbocycles. The van der Waals surface area contributed by atoms with Crippen LogP contribution in [0.1, 0.15) is 19.3 Å². The van der Waals surface area contributed by atoms with Gasteiger partial charge < -0.3 is 10.3 Å². The van der Waals surface area contributed by atoms with Crippen molar-refractivity contribution in [1.29, 1.82) is 0 Å². The third-order valence-electron chi connectivity index (χ3n) is 2.55. The Labute approximate surface area is 81.3 Å². The number of amides is 1. The lowest BCUT2D eigenvalue weighted by Gasteiger charge is -2.23. The van der Waals surface area contributed by atoms with Gasteiger partial charge in [-0.3, -0.25) is 9.59 Å². The van der Waals surface area contributed by atoms with Crippen LogP contribution < -0.4 is 10.9 Å². The fourth-order valence-electron chi connectivity index (χ4n) is 1.43. The van der Waals surface area contributed by atoms with Gasteiger partial charge in [-0.15, -0.1) is 0 Å². The number of hydrogen-bond donors (Lipinski definition) is 2. The minimum absolute atomic E-state index is 0.0343. The average molecular weight is 192 g/mol. The van der Waals surface area contributed by atoms with Crippen LogP contribution in [-0.4, -0.2) is 10.9 Å². The first-order valence-corrected chi connectivity index (χ1v) is 4.76. The molecule has 0 saturated heterocycles. The van der Waals surface area contributed by atoms with Crippen LogP contribution in [0, 0.1) is 5.92 Å². The number of rotatable bonds is 2. The first kappa shape index (κ1) is 8.99. The normalized spacial score (nSPS) is 16.0. The smallest absolute Gasteiger partial charge is 0.271 e. The molecule has 1 fully saturated rings. The first-order valence-electron chi connectivity index (χ1n) is 4.76. The highest BCUT2D eigenvalue weighted by Gasteiger charge is 2.25. The van der Waals surface area contributed by atoms with Crippen LogP contribution in [0.3, 0.4) is 0 Å². The molecule has 1 aromatic rings. The van der Waals surface area contributed by atoms with Crippen molar-refractivity contribution in [3.05, 3.63) is 28.7 Å². The van der Waals surface area contributed by atoms with Gasteiger partial charge in [0.2, 0.25) is 5.91 Å². The van der Waals surface area contributed by atoms with Gasteiger partial charge in [-0.1, -0.05) is 6.42 Å². The predicted octanol–water partition coefficient (Wildman–Crippen LogP) is 1.11. The number of hydrogen-bond acceptors (Lipinski definition) is 2. The molecule has 0 bridgehead atoms. The van der Waals surface area contributed by atoms with E-state index in [0.717, 1.165) is 19.3 Å². The SMILES string of the molecule is O=C(Nc1ccc[nH]c1=O)C1CCC1. The summed E-state index contributed by atoms with van der Waals surface area (Å²) >= 11 is 0. The van der Waals surface area contributed by atoms with Crippen LogP contribution in [0.25, 0.3) is 0 Å². The number of aromatic nitrogens is 1. The maximum absolute atomic E-state index is 11.5. The number of pyridine rings is 1. The van der Waals surface area contributed by atoms with E-state index < -0.39 is 0 Å². The van der Waals surface area contributed by atoms with Crippen molar-refractivity contribution in [2.24, 2.45) is 5.92 Å². The Balaban J connectivity index is 2.06. The number of H-pyrrole nitrogens is 1. The monoisotopic (exact) mass is 192 g/mol. The number of carbonyl (C=O) groups is 1.